The van der Waals surface area contributed by atoms with E-state index in [1.54, 1.807) is 36.4 Å². The highest BCUT2D eigenvalue weighted by molar-refractivity contribution is 5.92. The standard InChI is InChI=1S/C14H12O4/c1-18-13-6-5-10(8-12(13)14(16)17)9-3-2-4-11(15)7-9/h2-8,15H,1H3,(H,16,17). The van der Waals surface area contributed by atoms with Crippen molar-refractivity contribution in [1.82, 2.24) is 0 Å². The van der Waals surface area contributed by atoms with Gasteiger partial charge in [0.05, 0.1) is 7.11 Å². The molecule has 92 valence electrons. The molecule has 0 amide bonds. The van der Waals surface area contributed by atoms with Crippen LogP contribution < -0.4 is 4.74 Å². The molecule has 0 fully saturated rings. The Morgan fingerprint density at radius 2 is 1.83 bits per heavy atom. The molecule has 4 heteroatoms. The van der Waals surface area contributed by atoms with Crippen LogP contribution in [0.25, 0.3) is 11.1 Å². The zero-order valence-electron chi connectivity index (χ0n) is 9.75. The van der Waals surface area contributed by atoms with Crippen LogP contribution in [0.15, 0.2) is 42.5 Å². The lowest BCUT2D eigenvalue weighted by molar-refractivity contribution is 0.0693. The van der Waals surface area contributed by atoms with Crippen molar-refractivity contribution in [2.24, 2.45) is 0 Å². The Kier molecular flexibility index (Phi) is 3.19. The molecule has 0 spiro atoms. The lowest BCUT2D eigenvalue weighted by Crippen LogP contribution is -2.00. The minimum Gasteiger partial charge on any atom is -0.508 e. The fraction of sp³-hybridized carbons (Fsp3) is 0.0714. The Balaban J connectivity index is 2.53. The number of phenols is 1. The smallest absolute Gasteiger partial charge is 0.339 e. The first kappa shape index (κ1) is 12.0. The van der Waals surface area contributed by atoms with E-state index in [9.17, 15) is 9.90 Å². The summed E-state index contributed by atoms with van der Waals surface area (Å²) in [5.41, 5.74) is 1.56. The Bertz CT molecular complexity index is 590. The number of rotatable bonds is 3. The molecule has 0 saturated heterocycles. The number of aromatic hydroxyl groups is 1. The van der Waals surface area contributed by atoms with Gasteiger partial charge in [-0.1, -0.05) is 18.2 Å². The lowest BCUT2D eigenvalue weighted by atomic mass is 10.0. The molecular formula is C14H12O4. The fourth-order valence-corrected chi connectivity index (χ4v) is 1.74. The predicted molar refractivity (Wildman–Crippen MR) is 67.1 cm³/mol. The second-order valence-corrected chi connectivity index (χ2v) is 3.77. The first-order chi connectivity index (χ1) is 8.61. The van der Waals surface area contributed by atoms with Gasteiger partial charge in [0.2, 0.25) is 0 Å². The van der Waals surface area contributed by atoms with E-state index < -0.39 is 5.97 Å². The van der Waals surface area contributed by atoms with Crippen LogP contribution in [-0.4, -0.2) is 23.3 Å². The second kappa shape index (κ2) is 4.79. The van der Waals surface area contributed by atoms with E-state index in [4.69, 9.17) is 9.84 Å². The molecule has 0 saturated carbocycles. The Morgan fingerprint density at radius 3 is 2.44 bits per heavy atom. The van der Waals surface area contributed by atoms with E-state index >= 15 is 0 Å². The summed E-state index contributed by atoms with van der Waals surface area (Å²) in [6.07, 6.45) is 0. The molecule has 0 bridgehead atoms. The summed E-state index contributed by atoms with van der Waals surface area (Å²) in [5, 5.41) is 18.5. The number of hydrogen-bond acceptors (Lipinski definition) is 3. The molecule has 0 heterocycles. The minimum atomic E-state index is -1.05. The van der Waals surface area contributed by atoms with Gasteiger partial charge in [0.1, 0.15) is 17.1 Å². The molecule has 0 aromatic heterocycles. The minimum absolute atomic E-state index is 0.0957. The average Bonchev–Trinajstić information content (AvgIpc) is 2.38. The third kappa shape index (κ3) is 2.27. The normalized spacial score (nSPS) is 10.1. The van der Waals surface area contributed by atoms with Gasteiger partial charge in [0.25, 0.3) is 0 Å². The summed E-state index contributed by atoms with van der Waals surface area (Å²) in [5.74, 6) is -0.597. The number of aromatic carboxylic acids is 1. The fourth-order valence-electron chi connectivity index (χ4n) is 1.74. The molecule has 0 aliphatic rings. The number of phenolic OH excluding ortho intramolecular Hbond substituents is 1. The third-order valence-electron chi connectivity index (χ3n) is 2.61. The predicted octanol–water partition coefficient (Wildman–Crippen LogP) is 2.77. The Morgan fingerprint density at radius 1 is 1.11 bits per heavy atom. The maximum absolute atomic E-state index is 11.1. The van der Waals surface area contributed by atoms with Crippen molar-refractivity contribution in [3.63, 3.8) is 0 Å². The van der Waals surface area contributed by atoms with Gasteiger partial charge in [-0.2, -0.15) is 0 Å². The van der Waals surface area contributed by atoms with E-state index in [1.807, 2.05) is 0 Å². The molecule has 18 heavy (non-hydrogen) atoms. The zero-order chi connectivity index (χ0) is 13.1. The molecule has 4 nitrogen and oxygen atoms in total. The van der Waals surface area contributed by atoms with Crippen molar-refractivity contribution in [2.45, 2.75) is 0 Å². The number of carboxylic acid groups (broad SMARTS) is 1. The van der Waals surface area contributed by atoms with Gasteiger partial charge < -0.3 is 14.9 Å². The molecule has 0 atom stereocenters. The van der Waals surface area contributed by atoms with Crippen molar-refractivity contribution >= 4 is 5.97 Å². The van der Waals surface area contributed by atoms with Crippen LogP contribution in [0, 0.1) is 0 Å². The van der Waals surface area contributed by atoms with Gasteiger partial charge in [-0.3, -0.25) is 0 Å². The molecule has 0 unspecified atom stereocenters. The van der Waals surface area contributed by atoms with E-state index in [0.29, 0.717) is 11.3 Å². The lowest BCUT2D eigenvalue weighted by Gasteiger charge is -2.08. The van der Waals surface area contributed by atoms with Crippen LogP contribution in [0.5, 0.6) is 11.5 Å². The monoisotopic (exact) mass is 244 g/mol. The maximum atomic E-state index is 11.1. The van der Waals surface area contributed by atoms with Crippen molar-refractivity contribution in [3.8, 4) is 22.6 Å². The maximum Gasteiger partial charge on any atom is 0.339 e. The summed E-state index contributed by atoms with van der Waals surface area (Å²) in [4.78, 5) is 11.1. The van der Waals surface area contributed by atoms with Gasteiger partial charge in [-0.25, -0.2) is 4.79 Å². The highest BCUT2D eigenvalue weighted by Crippen LogP contribution is 2.28. The molecule has 2 N–H and O–H groups in total. The molecule has 2 aromatic carbocycles. The highest BCUT2D eigenvalue weighted by Gasteiger charge is 2.12. The van der Waals surface area contributed by atoms with Crippen molar-refractivity contribution in [1.29, 1.82) is 0 Å². The average molecular weight is 244 g/mol. The molecule has 0 aliphatic heterocycles. The third-order valence-corrected chi connectivity index (χ3v) is 2.61. The Labute approximate surface area is 104 Å². The first-order valence-corrected chi connectivity index (χ1v) is 5.32. The van der Waals surface area contributed by atoms with Gasteiger partial charge in [-0.15, -0.1) is 0 Å². The van der Waals surface area contributed by atoms with Crippen molar-refractivity contribution in [3.05, 3.63) is 48.0 Å². The zero-order valence-corrected chi connectivity index (χ0v) is 9.75. The van der Waals surface area contributed by atoms with Gasteiger partial charge >= 0.3 is 5.97 Å². The number of benzene rings is 2. The van der Waals surface area contributed by atoms with Gasteiger partial charge in [0.15, 0.2) is 0 Å². The Hall–Kier alpha value is -2.49. The second-order valence-electron chi connectivity index (χ2n) is 3.77. The SMILES string of the molecule is COc1ccc(-c2cccc(O)c2)cc1C(=O)O. The van der Waals surface area contributed by atoms with E-state index in [2.05, 4.69) is 0 Å². The van der Waals surface area contributed by atoms with Crippen LogP contribution in [0.4, 0.5) is 0 Å². The molecule has 2 aromatic rings. The summed E-state index contributed by atoms with van der Waals surface area (Å²) in [6, 6.07) is 11.5. The van der Waals surface area contributed by atoms with Crippen LogP contribution in [-0.2, 0) is 0 Å². The summed E-state index contributed by atoms with van der Waals surface area (Å²) < 4.78 is 4.99. The summed E-state index contributed by atoms with van der Waals surface area (Å²) in [6.45, 7) is 0. The highest BCUT2D eigenvalue weighted by atomic mass is 16.5. The van der Waals surface area contributed by atoms with Crippen molar-refractivity contribution < 1.29 is 19.7 Å². The number of ether oxygens (including phenoxy) is 1. The summed E-state index contributed by atoms with van der Waals surface area (Å²) >= 11 is 0. The quantitative estimate of drug-likeness (QED) is 0.871. The van der Waals surface area contributed by atoms with Gasteiger partial charge in [0, 0.05) is 0 Å². The number of carbonyl (C=O) groups is 1. The van der Waals surface area contributed by atoms with Gasteiger partial charge in [-0.05, 0) is 35.4 Å². The topological polar surface area (TPSA) is 66.8 Å². The van der Waals surface area contributed by atoms with E-state index in [0.717, 1.165) is 5.56 Å². The van der Waals surface area contributed by atoms with E-state index in [-0.39, 0.29) is 11.3 Å². The van der Waals surface area contributed by atoms with Crippen LogP contribution >= 0.6 is 0 Å². The number of methoxy groups -OCH3 is 1. The first-order valence-electron chi connectivity index (χ1n) is 5.32. The molecule has 0 aliphatic carbocycles. The number of carboxylic acids is 1. The van der Waals surface area contributed by atoms with Crippen LogP contribution in [0.2, 0.25) is 0 Å². The number of hydrogen-bond donors (Lipinski definition) is 2. The van der Waals surface area contributed by atoms with Crippen molar-refractivity contribution in [2.75, 3.05) is 7.11 Å². The van der Waals surface area contributed by atoms with E-state index in [1.165, 1.54) is 13.2 Å². The van der Waals surface area contributed by atoms with Crippen LogP contribution in [0.3, 0.4) is 0 Å². The van der Waals surface area contributed by atoms with Crippen LogP contribution in [0.1, 0.15) is 10.4 Å². The molecular weight excluding hydrogens is 232 g/mol. The summed E-state index contributed by atoms with van der Waals surface area (Å²) in [7, 11) is 1.43. The largest absolute Gasteiger partial charge is 0.508 e. The molecule has 0 radical (unpaired) electrons. The molecule has 2 rings (SSSR count).